The highest BCUT2D eigenvalue weighted by molar-refractivity contribution is 5.15. The minimum absolute atomic E-state index is 0.0467. The van der Waals surface area contributed by atoms with E-state index < -0.39 is 0 Å². The summed E-state index contributed by atoms with van der Waals surface area (Å²) in [6.45, 7) is 10.7. The van der Waals surface area contributed by atoms with Gasteiger partial charge in [0.25, 0.3) is 0 Å². The molecule has 0 bridgehead atoms. The van der Waals surface area contributed by atoms with Crippen molar-refractivity contribution >= 4 is 0 Å². The Morgan fingerprint density at radius 3 is 2.68 bits per heavy atom. The van der Waals surface area contributed by atoms with Gasteiger partial charge in [-0.15, -0.1) is 0 Å². The summed E-state index contributed by atoms with van der Waals surface area (Å²) in [6, 6.07) is 2.73. The molecule has 0 aromatic carbocycles. The Kier molecular flexibility index (Phi) is 6.59. The third-order valence-corrected chi connectivity index (χ3v) is 3.73. The van der Waals surface area contributed by atoms with Crippen LogP contribution in [0.1, 0.15) is 58.6 Å². The van der Waals surface area contributed by atoms with Crippen LogP contribution in [0.2, 0.25) is 0 Å². The topological polar surface area (TPSA) is 26.2 Å². The van der Waals surface area contributed by atoms with Gasteiger partial charge in [0.15, 0.2) is 0 Å². The molecule has 1 aromatic rings. The monoisotopic (exact) mass is 266 g/mol. The fourth-order valence-corrected chi connectivity index (χ4v) is 2.23. The van der Waals surface area contributed by atoms with Crippen LogP contribution in [0.25, 0.3) is 0 Å². The maximum absolute atomic E-state index is 5.47. The smallest absolute Gasteiger partial charge is 0.0639 e. The highest BCUT2D eigenvalue weighted by Crippen LogP contribution is 2.20. The first kappa shape index (κ1) is 16.3. The minimum Gasteiger partial charge on any atom is -0.379 e. The lowest BCUT2D eigenvalue weighted by Crippen LogP contribution is -2.24. The molecule has 1 rings (SSSR count). The van der Waals surface area contributed by atoms with Crippen LogP contribution < -0.4 is 5.32 Å². The number of nitrogens with one attached hydrogen (secondary N) is 1. The van der Waals surface area contributed by atoms with Crippen molar-refractivity contribution in [3.63, 3.8) is 0 Å². The largest absolute Gasteiger partial charge is 0.379 e. The summed E-state index contributed by atoms with van der Waals surface area (Å²) in [4.78, 5) is 0. The van der Waals surface area contributed by atoms with Gasteiger partial charge in [0, 0.05) is 32.1 Å². The van der Waals surface area contributed by atoms with Gasteiger partial charge in [0.2, 0.25) is 0 Å². The standard InChI is InChI=1S/C16H30N2O/c1-6-8-15(17-7-2)14-9-11-18(13-14)12-10-16(3,4)19-5/h9,11,13,15,17H,6-8,10,12H2,1-5H3. The van der Waals surface area contributed by atoms with Crippen LogP contribution in [0.4, 0.5) is 0 Å². The molecule has 0 aliphatic rings. The van der Waals surface area contributed by atoms with Gasteiger partial charge < -0.3 is 14.6 Å². The van der Waals surface area contributed by atoms with E-state index >= 15 is 0 Å². The van der Waals surface area contributed by atoms with Crippen molar-refractivity contribution in [2.24, 2.45) is 0 Å². The molecule has 1 heterocycles. The van der Waals surface area contributed by atoms with Crippen molar-refractivity contribution in [1.82, 2.24) is 9.88 Å². The molecule has 1 N–H and O–H groups in total. The number of rotatable bonds is 9. The Balaban J connectivity index is 2.59. The van der Waals surface area contributed by atoms with Crippen LogP contribution in [0.5, 0.6) is 0 Å². The van der Waals surface area contributed by atoms with E-state index in [9.17, 15) is 0 Å². The lowest BCUT2D eigenvalue weighted by Gasteiger charge is -2.23. The molecular formula is C16H30N2O. The zero-order valence-corrected chi connectivity index (χ0v) is 13.2. The molecule has 0 aliphatic heterocycles. The minimum atomic E-state index is -0.0467. The van der Waals surface area contributed by atoms with E-state index in [1.165, 1.54) is 18.4 Å². The highest BCUT2D eigenvalue weighted by atomic mass is 16.5. The fraction of sp³-hybridized carbons (Fsp3) is 0.750. The Hall–Kier alpha value is -0.800. The quantitative estimate of drug-likeness (QED) is 0.736. The van der Waals surface area contributed by atoms with E-state index in [4.69, 9.17) is 4.74 Å². The van der Waals surface area contributed by atoms with E-state index in [1.54, 1.807) is 7.11 Å². The molecule has 3 heteroatoms. The molecule has 0 aliphatic carbocycles. The van der Waals surface area contributed by atoms with Crippen molar-refractivity contribution in [2.45, 2.75) is 65.1 Å². The molecular weight excluding hydrogens is 236 g/mol. The van der Waals surface area contributed by atoms with E-state index in [2.05, 4.69) is 56.0 Å². The maximum atomic E-state index is 5.47. The van der Waals surface area contributed by atoms with Crippen LogP contribution in [-0.4, -0.2) is 23.8 Å². The molecule has 0 spiro atoms. The number of methoxy groups -OCH3 is 1. The molecule has 1 aromatic heterocycles. The Morgan fingerprint density at radius 1 is 1.37 bits per heavy atom. The van der Waals surface area contributed by atoms with Crippen LogP contribution in [0, 0.1) is 0 Å². The van der Waals surface area contributed by atoms with Gasteiger partial charge in [-0.25, -0.2) is 0 Å². The summed E-state index contributed by atoms with van der Waals surface area (Å²) < 4.78 is 7.74. The van der Waals surface area contributed by atoms with Crippen molar-refractivity contribution in [1.29, 1.82) is 0 Å². The third-order valence-electron chi connectivity index (χ3n) is 3.73. The van der Waals surface area contributed by atoms with Gasteiger partial charge in [-0.05, 0) is 44.9 Å². The van der Waals surface area contributed by atoms with Gasteiger partial charge in [-0.2, -0.15) is 0 Å². The second-order valence-corrected chi connectivity index (χ2v) is 5.80. The van der Waals surface area contributed by atoms with E-state index in [-0.39, 0.29) is 5.60 Å². The van der Waals surface area contributed by atoms with Crippen molar-refractivity contribution < 1.29 is 4.74 Å². The van der Waals surface area contributed by atoms with Gasteiger partial charge in [0.05, 0.1) is 5.60 Å². The predicted octanol–water partition coefficient (Wildman–Crippen LogP) is 3.75. The molecule has 1 unspecified atom stereocenters. The lowest BCUT2D eigenvalue weighted by atomic mass is 10.1. The first-order chi connectivity index (χ1) is 9.02. The lowest BCUT2D eigenvalue weighted by molar-refractivity contribution is 0.0120. The summed E-state index contributed by atoms with van der Waals surface area (Å²) in [6.07, 6.45) is 7.88. The fourth-order valence-electron chi connectivity index (χ4n) is 2.23. The number of aryl methyl sites for hydroxylation is 1. The number of aromatic nitrogens is 1. The van der Waals surface area contributed by atoms with E-state index in [1.807, 2.05) is 0 Å². The van der Waals surface area contributed by atoms with Crippen LogP contribution in [0.3, 0.4) is 0 Å². The van der Waals surface area contributed by atoms with E-state index in [0.717, 1.165) is 19.5 Å². The summed E-state index contributed by atoms with van der Waals surface area (Å²) in [5.74, 6) is 0. The number of hydrogen-bond acceptors (Lipinski definition) is 2. The molecule has 0 radical (unpaired) electrons. The molecule has 19 heavy (non-hydrogen) atoms. The summed E-state index contributed by atoms with van der Waals surface area (Å²) in [7, 11) is 1.78. The average molecular weight is 266 g/mol. The number of ether oxygens (including phenoxy) is 1. The van der Waals surface area contributed by atoms with Crippen LogP contribution in [0.15, 0.2) is 18.5 Å². The molecule has 3 nitrogen and oxygen atoms in total. The number of nitrogens with zero attached hydrogens (tertiary/aromatic N) is 1. The maximum Gasteiger partial charge on any atom is 0.0639 e. The zero-order chi connectivity index (χ0) is 14.3. The molecule has 0 amide bonds. The highest BCUT2D eigenvalue weighted by Gasteiger charge is 2.16. The van der Waals surface area contributed by atoms with Crippen LogP contribution >= 0.6 is 0 Å². The third kappa shape index (κ3) is 5.37. The molecule has 1 atom stereocenters. The normalized spacial score (nSPS) is 13.7. The second kappa shape index (κ2) is 7.71. The van der Waals surface area contributed by atoms with Crippen molar-refractivity contribution in [3.05, 3.63) is 24.0 Å². The SMILES string of the molecule is CCCC(NCC)c1ccn(CCC(C)(C)OC)c1. The van der Waals surface area contributed by atoms with Gasteiger partial charge >= 0.3 is 0 Å². The summed E-state index contributed by atoms with van der Waals surface area (Å²) >= 11 is 0. The molecule has 110 valence electrons. The van der Waals surface area contributed by atoms with E-state index in [0.29, 0.717) is 6.04 Å². The molecule has 0 saturated carbocycles. The summed E-state index contributed by atoms with van der Waals surface area (Å²) in [5, 5.41) is 3.56. The van der Waals surface area contributed by atoms with Gasteiger partial charge in [-0.1, -0.05) is 20.3 Å². The van der Waals surface area contributed by atoms with Gasteiger partial charge in [-0.3, -0.25) is 0 Å². The van der Waals surface area contributed by atoms with Crippen molar-refractivity contribution in [2.75, 3.05) is 13.7 Å². The zero-order valence-electron chi connectivity index (χ0n) is 13.2. The van der Waals surface area contributed by atoms with Crippen LogP contribution in [-0.2, 0) is 11.3 Å². The second-order valence-electron chi connectivity index (χ2n) is 5.80. The Bertz CT molecular complexity index is 351. The first-order valence-corrected chi connectivity index (χ1v) is 7.46. The average Bonchev–Trinajstić information content (AvgIpc) is 2.85. The predicted molar refractivity (Wildman–Crippen MR) is 81.5 cm³/mol. The molecule has 0 saturated heterocycles. The Morgan fingerprint density at radius 2 is 2.11 bits per heavy atom. The molecule has 0 fully saturated rings. The first-order valence-electron chi connectivity index (χ1n) is 7.46. The van der Waals surface area contributed by atoms with Gasteiger partial charge in [0.1, 0.15) is 0 Å². The van der Waals surface area contributed by atoms with Crippen molar-refractivity contribution in [3.8, 4) is 0 Å². The number of hydrogen-bond donors (Lipinski definition) is 1. The Labute approximate surface area is 118 Å². The summed E-state index contributed by atoms with van der Waals surface area (Å²) in [5.41, 5.74) is 1.36.